The van der Waals surface area contributed by atoms with Crippen LogP contribution >= 0.6 is 0 Å². The van der Waals surface area contributed by atoms with Gasteiger partial charge in [0, 0.05) is 11.0 Å². The number of benzene rings is 2. The summed E-state index contributed by atoms with van der Waals surface area (Å²) in [7, 11) is 1.53. The molecule has 1 N–H and O–H groups in total. The maximum Gasteiger partial charge on any atom is 0.175 e. The van der Waals surface area contributed by atoms with E-state index in [1.54, 1.807) is 36.4 Å². The molecule has 1 aliphatic rings. The van der Waals surface area contributed by atoms with Gasteiger partial charge in [-0.1, -0.05) is 38.1 Å². The first-order valence-corrected chi connectivity index (χ1v) is 7.37. The predicted molar refractivity (Wildman–Crippen MR) is 86.4 cm³/mol. The van der Waals surface area contributed by atoms with Crippen LogP contribution in [0.5, 0.6) is 17.2 Å². The molecule has 0 aromatic heterocycles. The van der Waals surface area contributed by atoms with Gasteiger partial charge in [-0.3, -0.25) is 0 Å². The van der Waals surface area contributed by atoms with Crippen molar-refractivity contribution in [3.63, 3.8) is 0 Å². The molecule has 0 saturated heterocycles. The fraction of sp³-hybridized carbons (Fsp3) is 0.263. The third-order valence-corrected chi connectivity index (χ3v) is 4.58. The van der Waals surface area contributed by atoms with E-state index in [2.05, 4.69) is 6.58 Å². The summed E-state index contributed by atoms with van der Waals surface area (Å²) in [6, 6.07) is 9.71. The minimum atomic E-state index is -1.63. The maximum atomic E-state index is 14.6. The molecule has 0 bridgehead atoms. The van der Waals surface area contributed by atoms with Crippen LogP contribution in [0, 0.1) is 11.2 Å². The van der Waals surface area contributed by atoms with E-state index >= 15 is 0 Å². The summed E-state index contributed by atoms with van der Waals surface area (Å²) in [5, 5.41) is 11.7. The maximum absolute atomic E-state index is 14.6. The largest absolute Gasteiger partial charge is 0.493 e. The molecule has 0 saturated carbocycles. The second-order valence-corrected chi connectivity index (χ2v) is 6.19. The van der Waals surface area contributed by atoms with E-state index in [0.717, 1.165) is 0 Å². The second-order valence-electron chi connectivity index (χ2n) is 6.19. The first kappa shape index (κ1) is 15.6. The average Bonchev–Trinajstić information content (AvgIpc) is 2.54. The Morgan fingerprint density at radius 2 is 1.96 bits per heavy atom. The molecule has 1 unspecified atom stereocenters. The number of para-hydroxylation sites is 1. The van der Waals surface area contributed by atoms with Gasteiger partial charge < -0.3 is 14.6 Å². The van der Waals surface area contributed by atoms with Crippen LogP contribution in [-0.4, -0.2) is 12.2 Å². The van der Waals surface area contributed by atoms with Crippen LogP contribution < -0.4 is 9.47 Å². The normalized spacial score (nSPS) is 19.3. The van der Waals surface area contributed by atoms with Gasteiger partial charge in [-0.15, -0.1) is 6.58 Å². The van der Waals surface area contributed by atoms with Gasteiger partial charge >= 0.3 is 0 Å². The molecule has 23 heavy (non-hydrogen) atoms. The first-order valence-electron chi connectivity index (χ1n) is 7.37. The summed E-state index contributed by atoms with van der Waals surface area (Å²) >= 11 is 0. The van der Waals surface area contributed by atoms with Crippen molar-refractivity contribution in [2.75, 3.05) is 7.11 Å². The molecule has 120 valence electrons. The van der Waals surface area contributed by atoms with Crippen LogP contribution in [0.15, 0.2) is 49.1 Å². The van der Waals surface area contributed by atoms with Gasteiger partial charge in [0.15, 0.2) is 11.5 Å². The monoisotopic (exact) mass is 314 g/mol. The van der Waals surface area contributed by atoms with E-state index in [1.165, 1.54) is 13.2 Å². The van der Waals surface area contributed by atoms with Crippen molar-refractivity contribution in [3.05, 3.63) is 66.0 Å². The first-order chi connectivity index (χ1) is 10.9. The quantitative estimate of drug-likeness (QED) is 0.854. The van der Waals surface area contributed by atoms with E-state index in [0.29, 0.717) is 17.1 Å². The van der Waals surface area contributed by atoms with Crippen LogP contribution in [0.4, 0.5) is 4.39 Å². The van der Waals surface area contributed by atoms with Gasteiger partial charge in [-0.05, 0) is 18.2 Å². The van der Waals surface area contributed by atoms with Crippen molar-refractivity contribution in [1.29, 1.82) is 0 Å². The zero-order valence-electron chi connectivity index (χ0n) is 13.4. The van der Waals surface area contributed by atoms with E-state index < -0.39 is 16.8 Å². The van der Waals surface area contributed by atoms with Crippen LogP contribution in [0.3, 0.4) is 0 Å². The van der Waals surface area contributed by atoms with Crippen molar-refractivity contribution in [2.24, 2.45) is 5.41 Å². The van der Waals surface area contributed by atoms with Crippen LogP contribution in [0.1, 0.15) is 25.0 Å². The van der Waals surface area contributed by atoms with Gasteiger partial charge in [-0.2, -0.15) is 0 Å². The molecule has 0 fully saturated rings. The summed E-state index contributed by atoms with van der Waals surface area (Å²) in [5.74, 6) is 0.633. The van der Waals surface area contributed by atoms with Crippen molar-refractivity contribution >= 4 is 0 Å². The van der Waals surface area contributed by atoms with E-state index in [4.69, 9.17) is 9.47 Å². The minimum Gasteiger partial charge on any atom is -0.493 e. The van der Waals surface area contributed by atoms with E-state index in [9.17, 15) is 9.50 Å². The lowest BCUT2D eigenvalue weighted by Crippen LogP contribution is -2.44. The van der Waals surface area contributed by atoms with Gasteiger partial charge in [-0.25, -0.2) is 4.39 Å². The summed E-state index contributed by atoms with van der Waals surface area (Å²) in [4.78, 5) is 0. The molecule has 0 aliphatic carbocycles. The Balaban J connectivity index is 2.42. The van der Waals surface area contributed by atoms with Crippen molar-refractivity contribution < 1.29 is 19.0 Å². The lowest BCUT2D eigenvalue weighted by molar-refractivity contribution is -0.0202. The lowest BCUT2D eigenvalue weighted by atomic mass is 9.65. The molecule has 0 amide bonds. The zero-order chi connectivity index (χ0) is 16.8. The standard InChI is InChI=1S/C19H19FO3/c1-5-18(2,3)19(21)12-8-6-11-15(22-4)17(12)23-14-10-7-9-13(20)16(14)19/h5-11,21H,1H2,2-4H3. The second kappa shape index (κ2) is 5.10. The zero-order valence-corrected chi connectivity index (χ0v) is 13.4. The summed E-state index contributed by atoms with van der Waals surface area (Å²) in [6.45, 7) is 7.44. The molecule has 1 atom stereocenters. The Morgan fingerprint density at radius 3 is 2.61 bits per heavy atom. The molecule has 2 aromatic carbocycles. The number of aliphatic hydroxyl groups is 1. The fourth-order valence-electron chi connectivity index (χ4n) is 3.07. The van der Waals surface area contributed by atoms with Gasteiger partial charge in [0.25, 0.3) is 0 Å². The predicted octanol–water partition coefficient (Wildman–Crippen LogP) is 4.39. The van der Waals surface area contributed by atoms with Crippen LogP contribution in [0.25, 0.3) is 0 Å². The SMILES string of the molecule is C=CC(C)(C)C1(O)c2cccc(OC)c2Oc2cccc(F)c21. The van der Waals surface area contributed by atoms with E-state index in [1.807, 2.05) is 13.8 Å². The molecular weight excluding hydrogens is 295 g/mol. The molecule has 3 rings (SSSR count). The number of hydrogen-bond donors (Lipinski definition) is 1. The molecule has 4 heteroatoms. The topological polar surface area (TPSA) is 38.7 Å². The summed E-state index contributed by atoms with van der Waals surface area (Å²) < 4.78 is 25.8. The number of halogens is 1. The highest BCUT2D eigenvalue weighted by Gasteiger charge is 2.52. The Bertz CT molecular complexity index is 782. The third-order valence-electron chi connectivity index (χ3n) is 4.58. The van der Waals surface area contributed by atoms with Crippen LogP contribution in [-0.2, 0) is 5.60 Å². The molecule has 2 aromatic rings. The Labute approximate surface area is 135 Å². The summed E-state index contributed by atoms with van der Waals surface area (Å²) in [6.07, 6.45) is 1.62. The number of fused-ring (bicyclic) bond motifs is 2. The average molecular weight is 314 g/mol. The molecule has 3 nitrogen and oxygen atoms in total. The van der Waals surface area contributed by atoms with Crippen molar-refractivity contribution in [3.8, 4) is 17.2 Å². The molecule has 0 spiro atoms. The molecular formula is C19H19FO3. The minimum absolute atomic E-state index is 0.116. The number of methoxy groups -OCH3 is 1. The Kier molecular flexibility index (Phi) is 3.45. The number of rotatable bonds is 3. The lowest BCUT2D eigenvalue weighted by Gasteiger charge is -2.45. The smallest absolute Gasteiger partial charge is 0.175 e. The third kappa shape index (κ3) is 1.98. The van der Waals surface area contributed by atoms with Crippen LogP contribution in [0.2, 0.25) is 0 Å². The van der Waals surface area contributed by atoms with Crippen molar-refractivity contribution in [1.82, 2.24) is 0 Å². The highest BCUT2D eigenvalue weighted by atomic mass is 19.1. The molecule has 0 radical (unpaired) electrons. The number of ether oxygens (including phenoxy) is 2. The Morgan fingerprint density at radius 1 is 1.26 bits per heavy atom. The number of hydrogen-bond acceptors (Lipinski definition) is 3. The summed E-state index contributed by atoms with van der Waals surface area (Å²) in [5.41, 5.74) is -1.89. The van der Waals surface area contributed by atoms with Gasteiger partial charge in [0.2, 0.25) is 0 Å². The van der Waals surface area contributed by atoms with E-state index in [-0.39, 0.29) is 11.3 Å². The Hall–Kier alpha value is -2.33. The van der Waals surface area contributed by atoms with Gasteiger partial charge in [0.1, 0.15) is 17.2 Å². The fourth-order valence-corrected chi connectivity index (χ4v) is 3.07. The highest BCUT2D eigenvalue weighted by Crippen LogP contribution is 2.57. The van der Waals surface area contributed by atoms with Crippen molar-refractivity contribution in [2.45, 2.75) is 19.4 Å². The highest BCUT2D eigenvalue weighted by molar-refractivity contribution is 5.62. The van der Waals surface area contributed by atoms with Gasteiger partial charge in [0.05, 0.1) is 12.7 Å². The molecule has 1 aliphatic heterocycles. The molecule has 1 heterocycles.